The van der Waals surface area contributed by atoms with Gasteiger partial charge in [0.1, 0.15) is 9.96 Å². The number of fused-ring (bicyclic) bond motifs is 1. The summed E-state index contributed by atoms with van der Waals surface area (Å²) in [5.74, 6) is 0.656. The number of hydrogen-bond donors (Lipinski definition) is 1. The van der Waals surface area contributed by atoms with E-state index in [1.54, 1.807) is 12.1 Å². The second-order valence-electron chi connectivity index (χ2n) is 4.57. The lowest BCUT2D eigenvalue weighted by molar-refractivity contribution is 0.358. The van der Waals surface area contributed by atoms with Crippen molar-refractivity contribution in [2.24, 2.45) is 0 Å². The summed E-state index contributed by atoms with van der Waals surface area (Å²) in [4.78, 5) is 1.06. The molecule has 0 unspecified atom stereocenters. The maximum Gasteiger partial charge on any atom is 0.271 e. The molecule has 0 fully saturated rings. The number of para-hydroxylation sites is 1. The Bertz CT molecular complexity index is 735. The predicted molar refractivity (Wildman–Crippen MR) is 80.1 cm³/mol. The van der Waals surface area contributed by atoms with Crippen molar-refractivity contribution in [2.45, 2.75) is 24.0 Å². The molecule has 0 saturated carbocycles. The third kappa shape index (κ3) is 2.41. The van der Waals surface area contributed by atoms with Crippen molar-refractivity contribution in [3.05, 3.63) is 40.8 Å². The predicted octanol–water partition coefficient (Wildman–Crippen LogP) is 3.05. The standard InChI is InChI=1S/C14H15NO3S2/c1-2-11-6-7-13(19-11)20(16,17)15-12-5-3-4-10-8-9-18-14(10)12/h3-7,15H,2,8-9H2,1H3. The third-order valence-electron chi connectivity index (χ3n) is 3.21. The van der Waals surface area contributed by atoms with E-state index in [4.69, 9.17) is 4.74 Å². The Balaban J connectivity index is 1.92. The SMILES string of the molecule is CCc1ccc(S(=O)(=O)Nc2cccc3c2OCC3)s1. The summed E-state index contributed by atoms with van der Waals surface area (Å²) in [6, 6.07) is 9.04. The molecule has 1 N–H and O–H groups in total. The number of thiophene rings is 1. The first-order chi connectivity index (χ1) is 9.60. The molecular formula is C14H15NO3S2. The number of aryl methyl sites for hydroxylation is 1. The van der Waals surface area contributed by atoms with Gasteiger partial charge in [-0.15, -0.1) is 11.3 Å². The van der Waals surface area contributed by atoms with E-state index < -0.39 is 10.0 Å². The van der Waals surface area contributed by atoms with Gasteiger partial charge in [0.25, 0.3) is 10.0 Å². The molecule has 0 radical (unpaired) electrons. The van der Waals surface area contributed by atoms with E-state index in [0.29, 0.717) is 22.3 Å². The van der Waals surface area contributed by atoms with E-state index in [1.165, 1.54) is 11.3 Å². The highest BCUT2D eigenvalue weighted by molar-refractivity contribution is 7.94. The van der Waals surface area contributed by atoms with Crippen LogP contribution < -0.4 is 9.46 Å². The van der Waals surface area contributed by atoms with Crippen molar-refractivity contribution in [1.29, 1.82) is 0 Å². The lowest BCUT2D eigenvalue weighted by Crippen LogP contribution is -2.12. The molecule has 0 bridgehead atoms. The van der Waals surface area contributed by atoms with E-state index in [2.05, 4.69) is 4.72 Å². The smallest absolute Gasteiger partial charge is 0.271 e. The first-order valence-electron chi connectivity index (χ1n) is 6.46. The molecule has 0 aliphatic carbocycles. The second-order valence-corrected chi connectivity index (χ2v) is 7.65. The molecule has 0 amide bonds. The maximum atomic E-state index is 12.4. The van der Waals surface area contributed by atoms with E-state index >= 15 is 0 Å². The van der Waals surface area contributed by atoms with Crippen molar-refractivity contribution in [2.75, 3.05) is 11.3 Å². The molecule has 0 spiro atoms. The third-order valence-corrected chi connectivity index (χ3v) is 6.30. The second kappa shape index (κ2) is 5.10. The van der Waals surface area contributed by atoms with Gasteiger partial charge < -0.3 is 4.74 Å². The Morgan fingerprint density at radius 2 is 2.15 bits per heavy atom. The summed E-state index contributed by atoms with van der Waals surface area (Å²) in [7, 11) is -3.54. The molecule has 2 heterocycles. The van der Waals surface area contributed by atoms with Crippen LogP contribution in [0.5, 0.6) is 5.75 Å². The highest BCUT2D eigenvalue weighted by Gasteiger charge is 2.22. The van der Waals surface area contributed by atoms with Gasteiger partial charge in [0.15, 0.2) is 0 Å². The van der Waals surface area contributed by atoms with Crippen LogP contribution in [-0.2, 0) is 22.9 Å². The van der Waals surface area contributed by atoms with Gasteiger partial charge in [-0.1, -0.05) is 19.1 Å². The molecule has 4 nitrogen and oxygen atoms in total. The van der Waals surface area contributed by atoms with Crippen molar-refractivity contribution in [3.8, 4) is 5.75 Å². The van der Waals surface area contributed by atoms with Crippen LogP contribution in [0.3, 0.4) is 0 Å². The molecule has 6 heteroatoms. The van der Waals surface area contributed by atoms with Gasteiger partial charge >= 0.3 is 0 Å². The Morgan fingerprint density at radius 1 is 1.30 bits per heavy atom. The van der Waals surface area contributed by atoms with Gasteiger partial charge in [-0.2, -0.15) is 0 Å². The van der Waals surface area contributed by atoms with Crippen LogP contribution in [0.2, 0.25) is 0 Å². The number of sulfonamides is 1. The average Bonchev–Trinajstić information content (AvgIpc) is 3.08. The van der Waals surface area contributed by atoms with E-state index in [9.17, 15) is 8.42 Å². The summed E-state index contributed by atoms with van der Waals surface area (Å²) in [5, 5.41) is 0. The summed E-state index contributed by atoms with van der Waals surface area (Å²) in [5.41, 5.74) is 1.57. The first kappa shape index (κ1) is 13.5. The van der Waals surface area contributed by atoms with Crippen LogP contribution >= 0.6 is 11.3 Å². The lowest BCUT2D eigenvalue weighted by Gasteiger charge is -2.10. The molecule has 1 aliphatic heterocycles. The Hall–Kier alpha value is -1.53. The summed E-state index contributed by atoms with van der Waals surface area (Å²) in [6.45, 7) is 2.61. The summed E-state index contributed by atoms with van der Waals surface area (Å²) >= 11 is 1.30. The number of anilines is 1. The van der Waals surface area contributed by atoms with E-state index in [1.807, 2.05) is 25.1 Å². The van der Waals surface area contributed by atoms with Gasteiger partial charge in [0.05, 0.1) is 12.3 Å². The number of rotatable bonds is 4. The maximum absolute atomic E-state index is 12.4. The van der Waals surface area contributed by atoms with Crippen molar-refractivity contribution >= 4 is 27.0 Å². The topological polar surface area (TPSA) is 55.4 Å². The zero-order valence-electron chi connectivity index (χ0n) is 11.0. The normalized spacial score (nSPS) is 13.8. The minimum Gasteiger partial charge on any atom is -0.491 e. The van der Waals surface area contributed by atoms with Gasteiger partial charge in [0.2, 0.25) is 0 Å². The lowest BCUT2D eigenvalue weighted by atomic mass is 10.1. The van der Waals surface area contributed by atoms with Crippen molar-refractivity contribution < 1.29 is 13.2 Å². The fraction of sp³-hybridized carbons (Fsp3) is 0.286. The number of ether oxygens (including phenoxy) is 1. The van der Waals surface area contributed by atoms with Crippen LogP contribution in [0.1, 0.15) is 17.4 Å². The molecule has 0 saturated heterocycles. The fourth-order valence-corrected chi connectivity index (χ4v) is 4.54. The van der Waals surface area contributed by atoms with Gasteiger partial charge in [0, 0.05) is 11.3 Å². The minimum absolute atomic E-state index is 0.338. The molecule has 106 valence electrons. The molecule has 1 aromatic heterocycles. The Kier molecular flexibility index (Phi) is 3.43. The summed E-state index contributed by atoms with van der Waals surface area (Å²) < 4.78 is 33.2. The zero-order chi connectivity index (χ0) is 14.2. The van der Waals surface area contributed by atoms with Gasteiger partial charge in [-0.3, -0.25) is 4.72 Å². The number of benzene rings is 1. The highest BCUT2D eigenvalue weighted by atomic mass is 32.2. The monoisotopic (exact) mass is 309 g/mol. The fourth-order valence-electron chi connectivity index (χ4n) is 2.18. The molecule has 0 atom stereocenters. The van der Waals surface area contributed by atoms with Gasteiger partial charge in [-0.25, -0.2) is 8.42 Å². The minimum atomic E-state index is -3.54. The van der Waals surface area contributed by atoms with E-state index in [0.717, 1.165) is 23.3 Å². The van der Waals surface area contributed by atoms with Crippen LogP contribution in [-0.4, -0.2) is 15.0 Å². The quantitative estimate of drug-likeness (QED) is 0.944. The van der Waals surface area contributed by atoms with Crippen LogP contribution in [0, 0.1) is 0 Å². The molecule has 3 rings (SSSR count). The zero-order valence-corrected chi connectivity index (χ0v) is 12.7. The Morgan fingerprint density at radius 3 is 2.90 bits per heavy atom. The van der Waals surface area contributed by atoms with Crippen LogP contribution in [0.4, 0.5) is 5.69 Å². The molecule has 20 heavy (non-hydrogen) atoms. The number of nitrogens with one attached hydrogen (secondary N) is 1. The highest BCUT2D eigenvalue weighted by Crippen LogP contribution is 2.35. The van der Waals surface area contributed by atoms with E-state index in [-0.39, 0.29) is 0 Å². The average molecular weight is 309 g/mol. The number of hydrogen-bond acceptors (Lipinski definition) is 4. The molecule has 2 aromatic rings. The van der Waals surface area contributed by atoms with Crippen LogP contribution in [0.15, 0.2) is 34.5 Å². The molecule has 1 aliphatic rings. The molecular weight excluding hydrogens is 294 g/mol. The summed E-state index contributed by atoms with van der Waals surface area (Å²) in [6.07, 6.45) is 1.66. The first-order valence-corrected chi connectivity index (χ1v) is 8.76. The molecule has 1 aromatic carbocycles. The Labute approximate surface area is 122 Å². The van der Waals surface area contributed by atoms with Gasteiger partial charge in [-0.05, 0) is 30.2 Å². The largest absolute Gasteiger partial charge is 0.491 e. The van der Waals surface area contributed by atoms with Crippen molar-refractivity contribution in [1.82, 2.24) is 0 Å². The van der Waals surface area contributed by atoms with Crippen molar-refractivity contribution in [3.63, 3.8) is 0 Å². The van der Waals surface area contributed by atoms with Crippen LogP contribution in [0.25, 0.3) is 0 Å².